The van der Waals surface area contributed by atoms with Crippen molar-refractivity contribution in [2.45, 2.75) is 32.6 Å². The molecule has 0 aromatic heterocycles. The third kappa shape index (κ3) is 5.58. The summed E-state index contributed by atoms with van der Waals surface area (Å²) in [5, 5.41) is 4.82. The SMILES string of the molecule is CCC(C)(C)C(=O)OCCOc1ccc(C(c2ccccc2)(c2ccc3ccccc3c2)c2ccc3ccccc3c2)cc1. The summed E-state index contributed by atoms with van der Waals surface area (Å²) in [7, 11) is 0. The second kappa shape index (κ2) is 12.4. The van der Waals surface area contributed by atoms with Gasteiger partial charge in [0.15, 0.2) is 0 Å². The molecule has 0 radical (unpaired) electrons. The highest BCUT2D eigenvalue weighted by Gasteiger charge is 2.38. The minimum Gasteiger partial charge on any atom is -0.490 e. The summed E-state index contributed by atoms with van der Waals surface area (Å²) in [6.45, 7) is 6.30. The van der Waals surface area contributed by atoms with E-state index < -0.39 is 10.8 Å². The zero-order valence-electron chi connectivity index (χ0n) is 25.6. The van der Waals surface area contributed by atoms with E-state index in [9.17, 15) is 4.79 Å². The van der Waals surface area contributed by atoms with Gasteiger partial charge in [-0.3, -0.25) is 4.79 Å². The monoisotopic (exact) mass is 578 g/mol. The third-order valence-corrected chi connectivity index (χ3v) is 8.88. The van der Waals surface area contributed by atoms with Gasteiger partial charge in [-0.2, -0.15) is 0 Å². The number of hydrogen-bond donors (Lipinski definition) is 0. The molecule has 0 aliphatic rings. The third-order valence-electron chi connectivity index (χ3n) is 8.88. The van der Waals surface area contributed by atoms with Gasteiger partial charge < -0.3 is 9.47 Å². The maximum Gasteiger partial charge on any atom is 0.311 e. The smallest absolute Gasteiger partial charge is 0.311 e. The molecule has 220 valence electrons. The summed E-state index contributed by atoms with van der Waals surface area (Å²) < 4.78 is 11.5. The first-order valence-electron chi connectivity index (χ1n) is 15.4. The highest BCUT2D eigenvalue weighted by molar-refractivity contribution is 5.86. The van der Waals surface area contributed by atoms with Crippen molar-refractivity contribution in [3.05, 3.63) is 162 Å². The second-order valence-electron chi connectivity index (χ2n) is 12.0. The van der Waals surface area contributed by atoms with Crippen LogP contribution in [-0.2, 0) is 14.9 Å². The Morgan fingerprint density at radius 1 is 0.545 bits per heavy atom. The molecule has 6 rings (SSSR count). The van der Waals surface area contributed by atoms with Crippen molar-refractivity contribution in [2.24, 2.45) is 5.41 Å². The normalized spacial score (nSPS) is 11.9. The van der Waals surface area contributed by atoms with E-state index in [0.29, 0.717) is 6.61 Å². The van der Waals surface area contributed by atoms with Gasteiger partial charge in [0, 0.05) is 0 Å². The Morgan fingerprint density at radius 3 is 1.57 bits per heavy atom. The first-order chi connectivity index (χ1) is 21.4. The number of benzene rings is 6. The highest BCUT2D eigenvalue weighted by Crippen LogP contribution is 2.46. The molecular formula is C41H38O3. The van der Waals surface area contributed by atoms with Crippen LogP contribution in [0.5, 0.6) is 5.75 Å². The zero-order valence-corrected chi connectivity index (χ0v) is 25.6. The molecule has 0 heterocycles. The molecule has 0 fully saturated rings. The van der Waals surface area contributed by atoms with Gasteiger partial charge >= 0.3 is 5.97 Å². The fraction of sp³-hybridized carbons (Fsp3) is 0.195. The summed E-state index contributed by atoms with van der Waals surface area (Å²) in [6.07, 6.45) is 0.728. The van der Waals surface area contributed by atoms with Gasteiger partial charge in [-0.15, -0.1) is 0 Å². The van der Waals surface area contributed by atoms with E-state index in [0.717, 1.165) is 17.7 Å². The molecule has 0 spiro atoms. The number of ether oxygens (including phenoxy) is 2. The summed E-state index contributed by atoms with van der Waals surface area (Å²) in [4.78, 5) is 12.4. The van der Waals surface area contributed by atoms with Gasteiger partial charge in [0.05, 0.1) is 10.8 Å². The molecular weight excluding hydrogens is 540 g/mol. The Morgan fingerprint density at radius 2 is 1.02 bits per heavy atom. The number of carbonyl (C=O) groups excluding carboxylic acids is 1. The maximum atomic E-state index is 12.4. The number of esters is 1. The average molecular weight is 579 g/mol. The molecule has 3 heteroatoms. The molecule has 0 aliphatic carbocycles. The van der Waals surface area contributed by atoms with E-state index in [1.165, 1.54) is 38.2 Å². The van der Waals surface area contributed by atoms with Crippen LogP contribution in [0.25, 0.3) is 21.5 Å². The molecule has 0 atom stereocenters. The average Bonchev–Trinajstić information content (AvgIpc) is 3.08. The Balaban J connectivity index is 1.44. The lowest BCUT2D eigenvalue weighted by molar-refractivity contribution is -0.154. The van der Waals surface area contributed by atoms with Crippen molar-refractivity contribution < 1.29 is 14.3 Å². The maximum absolute atomic E-state index is 12.4. The van der Waals surface area contributed by atoms with Gasteiger partial charge in [-0.1, -0.05) is 122 Å². The number of carbonyl (C=O) groups is 1. The molecule has 0 amide bonds. The van der Waals surface area contributed by atoms with Gasteiger partial charge in [-0.25, -0.2) is 0 Å². The molecule has 0 unspecified atom stereocenters. The summed E-state index contributed by atoms with van der Waals surface area (Å²) in [6, 6.07) is 49.8. The summed E-state index contributed by atoms with van der Waals surface area (Å²) in [5.41, 5.74) is 3.62. The van der Waals surface area contributed by atoms with Crippen LogP contribution in [0.1, 0.15) is 49.4 Å². The molecule has 3 nitrogen and oxygen atoms in total. The first-order valence-corrected chi connectivity index (χ1v) is 15.4. The van der Waals surface area contributed by atoms with Crippen molar-refractivity contribution in [1.29, 1.82) is 0 Å². The van der Waals surface area contributed by atoms with Crippen molar-refractivity contribution >= 4 is 27.5 Å². The quantitative estimate of drug-likeness (QED) is 0.0922. The van der Waals surface area contributed by atoms with Crippen molar-refractivity contribution in [1.82, 2.24) is 0 Å². The van der Waals surface area contributed by atoms with Crippen LogP contribution in [0, 0.1) is 5.41 Å². The topological polar surface area (TPSA) is 35.5 Å². The van der Waals surface area contributed by atoms with Crippen LogP contribution < -0.4 is 4.74 Å². The van der Waals surface area contributed by atoms with E-state index >= 15 is 0 Å². The molecule has 0 saturated heterocycles. The predicted octanol–water partition coefficient (Wildman–Crippen LogP) is 9.73. The molecule has 0 N–H and O–H groups in total. The standard InChI is InChI=1S/C41H38O3/c1-4-40(2,3)39(42)44-27-26-43-38-24-22-35(23-25-38)41(34-16-6-5-7-17-34,36-20-18-30-12-8-10-14-32(30)28-36)37-21-19-31-13-9-11-15-33(31)29-37/h5-25,28-29H,4,26-27H2,1-3H3. The molecule has 6 aromatic rings. The van der Waals surface area contributed by atoms with Crippen LogP contribution in [-0.4, -0.2) is 19.2 Å². The molecule has 44 heavy (non-hydrogen) atoms. The summed E-state index contributed by atoms with van der Waals surface area (Å²) >= 11 is 0. The minimum absolute atomic E-state index is 0.197. The van der Waals surface area contributed by atoms with Crippen molar-refractivity contribution in [3.63, 3.8) is 0 Å². The Bertz CT molecular complexity index is 1810. The lowest BCUT2D eigenvalue weighted by atomic mass is 9.64. The zero-order chi connectivity index (χ0) is 30.6. The molecule has 0 bridgehead atoms. The lowest BCUT2D eigenvalue weighted by Gasteiger charge is -2.37. The van der Waals surface area contributed by atoms with Crippen LogP contribution in [0.4, 0.5) is 0 Å². The van der Waals surface area contributed by atoms with Gasteiger partial charge in [0.25, 0.3) is 0 Å². The number of hydrogen-bond acceptors (Lipinski definition) is 3. The Kier molecular flexibility index (Phi) is 8.21. The largest absolute Gasteiger partial charge is 0.490 e. The van der Waals surface area contributed by atoms with E-state index in [4.69, 9.17) is 9.47 Å². The van der Waals surface area contributed by atoms with E-state index in [2.05, 4.69) is 127 Å². The van der Waals surface area contributed by atoms with E-state index in [1.807, 2.05) is 32.9 Å². The van der Waals surface area contributed by atoms with Crippen LogP contribution >= 0.6 is 0 Å². The lowest BCUT2D eigenvalue weighted by Crippen LogP contribution is -2.31. The predicted molar refractivity (Wildman–Crippen MR) is 180 cm³/mol. The highest BCUT2D eigenvalue weighted by atomic mass is 16.6. The van der Waals surface area contributed by atoms with Crippen molar-refractivity contribution in [3.8, 4) is 5.75 Å². The van der Waals surface area contributed by atoms with Crippen LogP contribution in [0.3, 0.4) is 0 Å². The van der Waals surface area contributed by atoms with Crippen LogP contribution in [0.2, 0.25) is 0 Å². The van der Waals surface area contributed by atoms with Gasteiger partial charge in [0.1, 0.15) is 19.0 Å². The second-order valence-corrected chi connectivity index (χ2v) is 12.0. The van der Waals surface area contributed by atoms with Crippen molar-refractivity contribution in [2.75, 3.05) is 13.2 Å². The minimum atomic E-state index is -0.588. The summed E-state index contributed by atoms with van der Waals surface area (Å²) in [5.74, 6) is 0.538. The first kappa shape index (κ1) is 29.2. The molecule has 0 aliphatic heterocycles. The van der Waals surface area contributed by atoms with Gasteiger partial charge in [0.2, 0.25) is 0 Å². The van der Waals surface area contributed by atoms with Gasteiger partial charge in [-0.05, 0) is 88.3 Å². The number of rotatable bonds is 10. The fourth-order valence-electron chi connectivity index (χ4n) is 5.97. The Labute approximate surface area is 260 Å². The van der Waals surface area contributed by atoms with Crippen LogP contribution in [0.15, 0.2) is 140 Å². The van der Waals surface area contributed by atoms with E-state index in [-0.39, 0.29) is 12.6 Å². The fourth-order valence-corrected chi connectivity index (χ4v) is 5.97. The Hall–Kier alpha value is -4.89. The van der Waals surface area contributed by atoms with E-state index in [1.54, 1.807) is 0 Å². The number of fused-ring (bicyclic) bond motifs is 2. The molecule has 0 saturated carbocycles. The molecule has 6 aromatic carbocycles.